The summed E-state index contributed by atoms with van der Waals surface area (Å²) < 4.78 is 17.3. The van der Waals surface area contributed by atoms with Crippen LogP contribution >= 0.6 is 27.3 Å². The molecule has 0 aliphatic rings. The second-order valence-corrected chi connectivity index (χ2v) is 7.78. The minimum atomic E-state index is -0.511. The molecule has 1 heterocycles. The fourth-order valence-corrected chi connectivity index (χ4v) is 3.53. The molecule has 0 radical (unpaired) electrons. The molecule has 0 unspecified atom stereocenters. The fourth-order valence-electron chi connectivity index (χ4n) is 2.49. The number of hydrogen-bond donors (Lipinski definition) is 1. The molecule has 158 valence electrons. The molecule has 9 heteroatoms. The number of halogens is 1. The number of amides is 1. The van der Waals surface area contributed by atoms with Gasteiger partial charge in [0, 0.05) is 17.6 Å². The Labute approximate surface area is 192 Å². The van der Waals surface area contributed by atoms with E-state index < -0.39 is 5.91 Å². The third kappa shape index (κ3) is 6.57. The van der Waals surface area contributed by atoms with E-state index in [1.807, 2.05) is 24.3 Å². The first-order valence-electron chi connectivity index (χ1n) is 9.11. The molecule has 3 aromatic rings. The zero-order chi connectivity index (χ0) is 22.1. The molecule has 0 saturated carbocycles. The number of nitriles is 1. The highest BCUT2D eigenvalue weighted by molar-refractivity contribution is 9.10. The van der Waals surface area contributed by atoms with Crippen molar-refractivity contribution in [3.05, 3.63) is 69.7 Å². The molecule has 0 aliphatic heterocycles. The van der Waals surface area contributed by atoms with Gasteiger partial charge in [0.25, 0.3) is 5.91 Å². The lowest BCUT2D eigenvalue weighted by Crippen LogP contribution is -2.13. The van der Waals surface area contributed by atoms with Crippen molar-refractivity contribution in [3.8, 4) is 23.3 Å². The van der Waals surface area contributed by atoms with Gasteiger partial charge in [-0.15, -0.1) is 11.3 Å². The van der Waals surface area contributed by atoms with E-state index in [0.717, 1.165) is 5.75 Å². The highest BCUT2D eigenvalue weighted by Gasteiger charge is 2.11. The molecule has 1 N–H and O–H groups in total. The van der Waals surface area contributed by atoms with E-state index in [4.69, 9.17) is 14.2 Å². The lowest BCUT2D eigenvalue weighted by Gasteiger charge is -2.11. The minimum absolute atomic E-state index is 0.0255. The van der Waals surface area contributed by atoms with E-state index >= 15 is 0 Å². The van der Waals surface area contributed by atoms with Crippen LogP contribution in [0.4, 0.5) is 5.13 Å². The third-order valence-corrected chi connectivity index (χ3v) is 5.24. The predicted octanol–water partition coefficient (Wildman–Crippen LogP) is 4.92. The monoisotopic (exact) mass is 499 g/mol. The Morgan fingerprint density at radius 1 is 1.23 bits per heavy atom. The maximum Gasteiger partial charge on any atom is 0.268 e. The molecule has 0 saturated heterocycles. The van der Waals surface area contributed by atoms with Crippen molar-refractivity contribution < 1.29 is 19.0 Å². The zero-order valence-electron chi connectivity index (χ0n) is 16.5. The molecular weight excluding hydrogens is 482 g/mol. The number of anilines is 1. The Kier molecular flexibility index (Phi) is 8.04. The van der Waals surface area contributed by atoms with Gasteiger partial charge in [-0.25, -0.2) is 4.98 Å². The van der Waals surface area contributed by atoms with Crippen LogP contribution in [0.1, 0.15) is 5.56 Å². The van der Waals surface area contributed by atoms with Crippen molar-refractivity contribution in [1.29, 1.82) is 5.26 Å². The number of aromatic nitrogens is 1. The van der Waals surface area contributed by atoms with Gasteiger partial charge in [-0.1, -0.05) is 12.1 Å². The van der Waals surface area contributed by atoms with Crippen LogP contribution in [0.5, 0.6) is 17.2 Å². The third-order valence-electron chi connectivity index (χ3n) is 3.94. The van der Waals surface area contributed by atoms with Crippen molar-refractivity contribution in [2.45, 2.75) is 0 Å². The van der Waals surface area contributed by atoms with Crippen LogP contribution in [0.15, 0.2) is 64.1 Å². The van der Waals surface area contributed by atoms with Gasteiger partial charge in [0.05, 0.1) is 11.6 Å². The van der Waals surface area contributed by atoms with E-state index in [1.54, 1.807) is 43.0 Å². The highest BCUT2D eigenvalue weighted by atomic mass is 79.9. The minimum Gasteiger partial charge on any atom is -0.497 e. The first-order chi connectivity index (χ1) is 15.1. The molecule has 2 aromatic carbocycles. The lowest BCUT2D eigenvalue weighted by molar-refractivity contribution is -0.112. The fraction of sp³-hybridized carbons (Fsp3) is 0.136. The smallest absolute Gasteiger partial charge is 0.268 e. The average molecular weight is 500 g/mol. The Balaban J connectivity index is 1.56. The number of carbonyl (C=O) groups is 1. The topological polar surface area (TPSA) is 93.5 Å². The van der Waals surface area contributed by atoms with Gasteiger partial charge in [-0.05, 0) is 51.8 Å². The van der Waals surface area contributed by atoms with Crippen molar-refractivity contribution in [1.82, 2.24) is 4.98 Å². The molecule has 1 amide bonds. The summed E-state index contributed by atoms with van der Waals surface area (Å²) >= 11 is 4.74. The molecule has 0 fully saturated rings. The summed E-state index contributed by atoms with van der Waals surface area (Å²) in [5.74, 6) is 1.53. The van der Waals surface area contributed by atoms with Crippen LogP contribution in [0, 0.1) is 11.3 Å². The number of carbonyl (C=O) groups excluding carboxylic acids is 1. The van der Waals surface area contributed by atoms with Crippen LogP contribution in [0.25, 0.3) is 6.08 Å². The summed E-state index contributed by atoms with van der Waals surface area (Å²) in [4.78, 5) is 16.2. The SMILES string of the molecule is COc1cccc(OCCOc2ccc(/C=C(/C#N)C(=O)Nc3nccs3)cc2Br)c1. The van der Waals surface area contributed by atoms with Gasteiger partial charge in [0.15, 0.2) is 5.13 Å². The molecular formula is C22H18BrN3O4S. The first kappa shape index (κ1) is 22.3. The number of nitrogens with zero attached hydrogens (tertiary/aromatic N) is 2. The number of hydrogen-bond acceptors (Lipinski definition) is 7. The van der Waals surface area contributed by atoms with Gasteiger partial charge in [0.1, 0.15) is 42.1 Å². The molecule has 1 aromatic heterocycles. The number of methoxy groups -OCH3 is 1. The maximum atomic E-state index is 12.2. The molecule has 0 atom stereocenters. The number of nitrogens with one attached hydrogen (secondary N) is 1. The van der Waals surface area contributed by atoms with Gasteiger partial charge in [0.2, 0.25) is 0 Å². The molecule has 3 rings (SSSR count). The second-order valence-electron chi connectivity index (χ2n) is 6.03. The second kappa shape index (κ2) is 11.2. The Morgan fingerprint density at radius 2 is 2.03 bits per heavy atom. The Hall–Kier alpha value is -3.35. The van der Waals surface area contributed by atoms with Crippen LogP contribution in [0.2, 0.25) is 0 Å². The molecule has 0 bridgehead atoms. The molecule has 7 nitrogen and oxygen atoms in total. The Bertz CT molecular complexity index is 1110. The van der Waals surface area contributed by atoms with Crippen LogP contribution in [0.3, 0.4) is 0 Å². The summed E-state index contributed by atoms with van der Waals surface area (Å²) in [5.41, 5.74) is 0.653. The van der Waals surface area contributed by atoms with E-state index in [0.29, 0.717) is 39.9 Å². The summed E-state index contributed by atoms with van der Waals surface area (Å²) in [5, 5.41) is 14.1. The van der Waals surface area contributed by atoms with Crippen molar-refractivity contribution >= 4 is 44.4 Å². The summed E-state index contributed by atoms with van der Waals surface area (Å²) in [7, 11) is 1.60. The lowest BCUT2D eigenvalue weighted by atomic mass is 10.1. The summed E-state index contributed by atoms with van der Waals surface area (Å²) in [6, 6.07) is 14.5. The number of benzene rings is 2. The van der Waals surface area contributed by atoms with Gasteiger partial charge in [-0.3, -0.25) is 10.1 Å². The van der Waals surface area contributed by atoms with Crippen LogP contribution in [-0.2, 0) is 4.79 Å². The van der Waals surface area contributed by atoms with E-state index in [9.17, 15) is 10.1 Å². The average Bonchev–Trinajstić information content (AvgIpc) is 3.29. The van der Waals surface area contributed by atoms with Crippen molar-refractivity contribution in [2.75, 3.05) is 25.6 Å². The van der Waals surface area contributed by atoms with Gasteiger partial charge >= 0.3 is 0 Å². The van der Waals surface area contributed by atoms with E-state index in [-0.39, 0.29) is 5.57 Å². The molecule has 0 spiro atoms. The largest absolute Gasteiger partial charge is 0.497 e. The van der Waals surface area contributed by atoms with Gasteiger partial charge < -0.3 is 14.2 Å². The standard InChI is InChI=1S/C22H18BrN3O4S/c1-28-17-3-2-4-18(13-17)29-8-9-30-20-6-5-15(12-19(20)23)11-16(14-24)21(27)26-22-25-7-10-31-22/h2-7,10-13H,8-9H2,1H3,(H,25,26,27)/b16-11-. The quantitative estimate of drug-likeness (QED) is 0.255. The van der Waals surface area contributed by atoms with Crippen LogP contribution in [-0.4, -0.2) is 31.2 Å². The molecule has 31 heavy (non-hydrogen) atoms. The normalized spacial score (nSPS) is 10.8. The Morgan fingerprint density at radius 3 is 2.74 bits per heavy atom. The van der Waals surface area contributed by atoms with Gasteiger partial charge in [-0.2, -0.15) is 5.26 Å². The van der Waals surface area contributed by atoms with E-state index in [1.165, 1.54) is 17.4 Å². The van der Waals surface area contributed by atoms with E-state index in [2.05, 4.69) is 26.2 Å². The number of ether oxygens (including phenoxy) is 3. The first-order valence-corrected chi connectivity index (χ1v) is 10.8. The highest BCUT2D eigenvalue weighted by Crippen LogP contribution is 2.27. The van der Waals surface area contributed by atoms with Crippen molar-refractivity contribution in [3.63, 3.8) is 0 Å². The summed E-state index contributed by atoms with van der Waals surface area (Å²) in [6.45, 7) is 0.696. The number of thiazole rings is 1. The number of rotatable bonds is 9. The predicted molar refractivity (Wildman–Crippen MR) is 122 cm³/mol. The van der Waals surface area contributed by atoms with Crippen molar-refractivity contribution in [2.24, 2.45) is 0 Å². The summed E-state index contributed by atoms with van der Waals surface area (Å²) in [6.07, 6.45) is 3.08. The van der Waals surface area contributed by atoms with Crippen LogP contribution < -0.4 is 19.5 Å². The zero-order valence-corrected chi connectivity index (χ0v) is 18.9. The maximum absolute atomic E-state index is 12.2. The molecule has 0 aliphatic carbocycles.